The molecule has 0 aromatic heterocycles. The van der Waals surface area contributed by atoms with Gasteiger partial charge < -0.3 is 19.7 Å². The summed E-state index contributed by atoms with van der Waals surface area (Å²) in [5, 5.41) is 3.10. The molecule has 2 aromatic carbocycles. The Bertz CT molecular complexity index is 929. The highest BCUT2D eigenvalue weighted by Crippen LogP contribution is 2.43. The van der Waals surface area contributed by atoms with E-state index in [1.807, 2.05) is 53.4 Å². The first kappa shape index (κ1) is 19.3. The summed E-state index contributed by atoms with van der Waals surface area (Å²) in [6, 6.07) is 15.4. The fraction of sp³-hybridized carbons (Fsp3) is 0.391. The van der Waals surface area contributed by atoms with Crippen molar-refractivity contribution in [2.45, 2.75) is 37.3 Å². The normalized spacial score (nSPS) is 23.0. The molecule has 2 amide bonds. The number of methoxy groups -OCH3 is 2. The van der Waals surface area contributed by atoms with Gasteiger partial charge in [-0.1, -0.05) is 24.3 Å². The van der Waals surface area contributed by atoms with Crippen LogP contribution in [-0.4, -0.2) is 43.5 Å². The molecule has 2 aromatic rings. The van der Waals surface area contributed by atoms with Crippen LogP contribution < -0.4 is 14.8 Å². The zero-order chi connectivity index (χ0) is 20.4. The van der Waals surface area contributed by atoms with Crippen LogP contribution >= 0.6 is 0 Å². The third-order valence-corrected chi connectivity index (χ3v) is 6.12. The summed E-state index contributed by atoms with van der Waals surface area (Å²) in [4.78, 5) is 27.7. The number of benzene rings is 2. The first-order chi connectivity index (χ1) is 14.1. The standard InChI is InChI=1S/C23H26N2O4/c1-28-19-7-3-5-16(11-19)14-24-22(27)23(17-6-4-8-20(12-17)29-2)13-18-9-10-21(26)25(18)15-23/h3-8,11-12,18H,9-10,13-15H2,1-2H3,(H,24,27)/t18-,23-/m0/s1. The van der Waals surface area contributed by atoms with Crippen molar-refractivity contribution in [3.63, 3.8) is 0 Å². The molecule has 2 heterocycles. The van der Waals surface area contributed by atoms with Gasteiger partial charge in [0.1, 0.15) is 11.5 Å². The number of carbonyl (C=O) groups excluding carboxylic acids is 2. The number of amides is 2. The third kappa shape index (κ3) is 3.55. The fourth-order valence-electron chi connectivity index (χ4n) is 4.54. The third-order valence-electron chi connectivity index (χ3n) is 6.12. The van der Waals surface area contributed by atoms with E-state index in [-0.39, 0.29) is 17.9 Å². The molecule has 152 valence electrons. The van der Waals surface area contributed by atoms with Crippen molar-refractivity contribution in [2.75, 3.05) is 20.8 Å². The van der Waals surface area contributed by atoms with E-state index in [2.05, 4.69) is 5.32 Å². The lowest BCUT2D eigenvalue weighted by molar-refractivity contribution is -0.129. The number of hydrogen-bond donors (Lipinski definition) is 1. The maximum absolute atomic E-state index is 13.5. The lowest BCUT2D eigenvalue weighted by Crippen LogP contribution is -2.46. The van der Waals surface area contributed by atoms with Gasteiger partial charge in [0.25, 0.3) is 0 Å². The monoisotopic (exact) mass is 394 g/mol. The second-order valence-corrected chi connectivity index (χ2v) is 7.77. The molecule has 0 radical (unpaired) electrons. The van der Waals surface area contributed by atoms with E-state index in [1.54, 1.807) is 14.2 Å². The molecular formula is C23H26N2O4. The molecule has 29 heavy (non-hydrogen) atoms. The molecule has 4 rings (SSSR count). The van der Waals surface area contributed by atoms with Gasteiger partial charge in [-0.3, -0.25) is 9.59 Å². The van der Waals surface area contributed by atoms with Crippen molar-refractivity contribution in [1.29, 1.82) is 0 Å². The molecule has 2 aliphatic heterocycles. The zero-order valence-electron chi connectivity index (χ0n) is 16.8. The van der Waals surface area contributed by atoms with Gasteiger partial charge in [-0.2, -0.15) is 0 Å². The lowest BCUT2D eigenvalue weighted by Gasteiger charge is -2.29. The van der Waals surface area contributed by atoms with Gasteiger partial charge in [-0.15, -0.1) is 0 Å². The summed E-state index contributed by atoms with van der Waals surface area (Å²) in [6.07, 6.45) is 2.02. The summed E-state index contributed by atoms with van der Waals surface area (Å²) in [5.74, 6) is 1.54. The van der Waals surface area contributed by atoms with Crippen LogP contribution in [0.4, 0.5) is 0 Å². The predicted molar refractivity (Wildman–Crippen MR) is 109 cm³/mol. The molecule has 2 saturated heterocycles. The van der Waals surface area contributed by atoms with E-state index in [4.69, 9.17) is 9.47 Å². The Kier molecular flexibility index (Phi) is 5.18. The molecule has 0 unspecified atom stereocenters. The van der Waals surface area contributed by atoms with Crippen LogP contribution in [-0.2, 0) is 21.5 Å². The van der Waals surface area contributed by atoms with Crippen LogP contribution in [0, 0.1) is 0 Å². The van der Waals surface area contributed by atoms with Gasteiger partial charge in [0.2, 0.25) is 11.8 Å². The van der Waals surface area contributed by atoms with Crippen LogP contribution in [0.5, 0.6) is 11.5 Å². The SMILES string of the molecule is COc1cccc(CNC(=O)[C@@]2(c3cccc(OC)c3)C[C@@H]3CCC(=O)N3C2)c1. The van der Waals surface area contributed by atoms with Crippen LogP contribution in [0.25, 0.3) is 0 Å². The van der Waals surface area contributed by atoms with Crippen LogP contribution in [0.2, 0.25) is 0 Å². The number of rotatable bonds is 6. The molecule has 6 nitrogen and oxygen atoms in total. The number of carbonyl (C=O) groups is 2. The van der Waals surface area contributed by atoms with Gasteiger partial charge in [0, 0.05) is 25.6 Å². The molecule has 2 atom stereocenters. The van der Waals surface area contributed by atoms with Crippen molar-refractivity contribution >= 4 is 11.8 Å². The van der Waals surface area contributed by atoms with Crippen LogP contribution in [0.15, 0.2) is 48.5 Å². The topological polar surface area (TPSA) is 67.9 Å². The summed E-state index contributed by atoms with van der Waals surface area (Å²) >= 11 is 0. The first-order valence-electron chi connectivity index (χ1n) is 9.91. The number of hydrogen-bond acceptors (Lipinski definition) is 4. The molecule has 6 heteroatoms. The number of nitrogens with one attached hydrogen (secondary N) is 1. The van der Waals surface area contributed by atoms with Crippen molar-refractivity contribution < 1.29 is 19.1 Å². The van der Waals surface area contributed by atoms with Gasteiger partial charge in [0.05, 0.1) is 19.6 Å². The van der Waals surface area contributed by atoms with E-state index in [0.29, 0.717) is 31.7 Å². The Morgan fingerprint density at radius 3 is 2.59 bits per heavy atom. The molecular weight excluding hydrogens is 368 g/mol. The largest absolute Gasteiger partial charge is 0.497 e. The van der Waals surface area contributed by atoms with Crippen LogP contribution in [0.1, 0.15) is 30.4 Å². The van der Waals surface area contributed by atoms with Gasteiger partial charge >= 0.3 is 0 Å². The molecule has 0 aliphatic carbocycles. The van der Waals surface area contributed by atoms with E-state index in [9.17, 15) is 9.59 Å². The Hall–Kier alpha value is -3.02. The molecule has 0 bridgehead atoms. The minimum atomic E-state index is -0.770. The highest BCUT2D eigenvalue weighted by molar-refractivity contribution is 5.91. The minimum Gasteiger partial charge on any atom is -0.497 e. The number of nitrogens with zero attached hydrogens (tertiary/aromatic N) is 1. The second kappa shape index (κ2) is 7.78. The van der Waals surface area contributed by atoms with Gasteiger partial charge in [-0.25, -0.2) is 0 Å². The predicted octanol–water partition coefficient (Wildman–Crippen LogP) is 2.65. The fourth-order valence-corrected chi connectivity index (χ4v) is 4.54. The Morgan fingerprint density at radius 1 is 1.14 bits per heavy atom. The average molecular weight is 394 g/mol. The van der Waals surface area contributed by atoms with Gasteiger partial charge in [-0.05, 0) is 48.2 Å². The van der Waals surface area contributed by atoms with E-state index in [0.717, 1.165) is 23.3 Å². The molecule has 2 aliphatic rings. The molecule has 0 spiro atoms. The highest BCUT2D eigenvalue weighted by atomic mass is 16.5. The quantitative estimate of drug-likeness (QED) is 0.818. The van der Waals surface area contributed by atoms with Crippen LogP contribution in [0.3, 0.4) is 0 Å². The Balaban J connectivity index is 1.61. The maximum Gasteiger partial charge on any atom is 0.232 e. The number of ether oxygens (including phenoxy) is 2. The van der Waals surface area contributed by atoms with Crippen molar-refractivity contribution in [2.24, 2.45) is 0 Å². The number of fused-ring (bicyclic) bond motifs is 1. The summed E-state index contributed by atoms with van der Waals surface area (Å²) in [5.41, 5.74) is 1.09. The molecule has 0 saturated carbocycles. The zero-order valence-corrected chi connectivity index (χ0v) is 16.8. The first-order valence-corrected chi connectivity index (χ1v) is 9.91. The highest BCUT2D eigenvalue weighted by Gasteiger charge is 2.53. The molecule has 2 fully saturated rings. The maximum atomic E-state index is 13.5. The van der Waals surface area contributed by atoms with E-state index in [1.165, 1.54) is 0 Å². The summed E-state index contributed by atoms with van der Waals surface area (Å²) in [6.45, 7) is 0.813. The smallest absolute Gasteiger partial charge is 0.232 e. The summed E-state index contributed by atoms with van der Waals surface area (Å²) in [7, 11) is 3.24. The minimum absolute atomic E-state index is 0.0595. The Labute approximate surface area is 170 Å². The van der Waals surface area contributed by atoms with Crippen molar-refractivity contribution in [1.82, 2.24) is 10.2 Å². The van der Waals surface area contributed by atoms with Gasteiger partial charge in [0.15, 0.2) is 0 Å². The van der Waals surface area contributed by atoms with Crippen molar-refractivity contribution in [3.05, 3.63) is 59.7 Å². The van der Waals surface area contributed by atoms with E-state index >= 15 is 0 Å². The molecule has 1 N–H and O–H groups in total. The lowest BCUT2D eigenvalue weighted by atomic mass is 9.76. The second-order valence-electron chi connectivity index (χ2n) is 7.77. The van der Waals surface area contributed by atoms with Crippen molar-refractivity contribution in [3.8, 4) is 11.5 Å². The summed E-state index contributed by atoms with van der Waals surface area (Å²) < 4.78 is 10.7. The average Bonchev–Trinajstić information content (AvgIpc) is 3.32. The van der Waals surface area contributed by atoms with E-state index < -0.39 is 5.41 Å². The Morgan fingerprint density at radius 2 is 1.86 bits per heavy atom.